The summed E-state index contributed by atoms with van der Waals surface area (Å²) in [5, 5.41) is 13.9. The second-order valence-electron chi connectivity index (χ2n) is 7.92. The van der Waals surface area contributed by atoms with Crippen molar-refractivity contribution in [3.63, 3.8) is 0 Å². The van der Waals surface area contributed by atoms with Gasteiger partial charge < -0.3 is 0 Å². The maximum Gasteiger partial charge on any atom is 0.177 e. The molecule has 0 aliphatic carbocycles. The molecule has 0 amide bonds. The van der Waals surface area contributed by atoms with Crippen molar-refractivity contribution in [1.29, 1.82) is 0 Å². The molecule has 4 heteroatoms. The van der Waals surface area contributed by atoms with Crippen molar-refractivity contribution in [2.45, 2.75) is 6.92 Å². The summed E-state index contributed by atoms with van der Waals surface area (Å²) in [4.78, 5) is 0. The van der Waals surface area contributed by atoms with Crippen LogP contribution in [-0.4, -0.2) is 15.9 Å². The summed E-state index contributed by atoms with van der Waals surface area (Å²) in [7, 11) is 0. The molecule has 0 aliphatic rings. The lowest BCUT2D eigenvalue weighted by Gasteiger charge is -2.18. The Morgan fingerprint density at radius 3 is 1.59 bits per heavy atom. The first kappa shape index (κ1) is 21.3. The molecule has 34 heavy (non-hydrogen) atoms. The third-order valence-electron chi connectivity index (χ3n) is 5.67. The number of rotatable bonds is 6. The van der Waals surface area contributed by atoms with Gasteiger partial charge in [0.05, 0.1) is 5.71 Å². The number of nitrogens with zero attached hydrogens (tertiary/aromatic N) is 3. The van der Waals surface area contributed by atoms with Crippen LogP contribution in [-0.2, 0) is 0 Å². The molecule has 0 atom stereocenters. The van der Waals surface area contributed by atoms with Crippen molar-refractivity contribution in [2.75, 3.05) is 5.43 Å². The molecule has 1 aromatic heterocycles. The summed E-state index contributed by atoms with van der Waals surface area (Å²) in [6.45, 7) is 1.98. The van der Waals surface area contributed by atoms with Gasteiger partial charge >= 0.3 is 0 Å². The lowest BCUT2D eigenvalue weighted by Crippen LogP contribution is -2.05. The molecule has 4 aromatic carbocycles. The Balaban J connectivity index is 1.73. The fourth-order valence-corrected chi connectivity index (χ4v) is 3.97. The van der Waals surface area contributed by atoms with E-state index >= 15 is 0 Å². The predicted molar refractivity (Wildman–Crippen MR) is 141 cm³/mol. The molecular formula is C30H24N4. The Hall–Kier alpha value is -4.57. The monoisotopic (exact) mass is 440 g/mol. The molecule has 1 N–H and O–H groups in total. The van der Waals surface area contributed by atoms with Crippen LogP contribution < -0.4 is 5.43 Å². The lowest BCUT2D eigenvalue weighted by atomic mass is 9.91. The summed E-state index contributed by atoms with van der Waals surface area (Å²) >= 11 is 0. The average molecular weight is 441 g/mol. The van der Waals surface area contributed by atoms with E-state index in [0.29, 0.717) is 5.82 Å². The van der Waals surface area contributed by atoms with Crippen LogP contribution in [0.1, 0.15) is 12.5 Å². The zero-order valence-corrected chi connectivity index (χ0v) is 18.9. The number of anilines is 1. The summed E-state index contributed by atoms with van der Waals surface area (Å²) in [6.07, 6.45) is 0. The van der Waals surface area contributed by atoms with Crippen LogP contribution in [0, 0.1) is 0 Å². The number of aromatic nitrogens is 2. The molecule has 0 saturated carbocycles. The minimum Gasteiger partial charge on any atom is -0.259 e. The normalized spacial score (nSPS) is 11.3. The van der Waals surface area contributed by atoms with Crippen molar-refractivity contribution in [3.05, 3.63) is 127 Å². The summed E-state index contributed by atoms with van der Waals surface area (Å²) in [5.74, 6) is 0.611. The molecule has 0 bridgehead atoms. The van der Waals surface area contributed by atoms with Gasteiger partial charge in [0, 0.05) is 16.7 Å². The first-order chi connectivity index (χ1) is 16.8. The number of hydrogen-bond acceptors (Lipinski definition) is 4. The maximum atomic E-state index is 4.68. The van der Waals surface area contributed by atoms with Gasteiger partial charge in [0.1, 0.15) is 5.69 Å². The van der Waals surface area contributed by atoms with Crippen LogP contribution in [0.15, 0.2) is 126 Å². The number of benzene rings is 4. The maximum absolute atomic E-state index is 4.68. The molecule has 0 fully saturated rings. The van der Waals surface area contributed by atoms with Crippen molar-refractivity contribution in [3.8, 4) is 33.5 Å². The van der Waals surface area contributed by atoms with Crippen molar-refractivity contribution in [2.24, 2.45) is 5.10 Å². The second-order valence-corrected chi connectivity index (χ2v) is 7.92. The Kier molecular flexibility index (Phi) is 6.21. The van der Waals surface area contributed by atoms with Gasteiger partial charge in [-0.25, -0.2) is 0 Å². The number of hydrogen-bond donors (Lipinski definition) is 1. The smallest absolute Gasteiger partial charge is 0.177 e. The van der Waals surface area contributed by atoms with Crippen LogP contribution in [0.3, 0.4) is 0 Å². The van der Waals surface area contributed by atoms with E-state index in [9.17, 15) is 0 Å². The van der Waals surface area contributed by atoms with Gasteiger partial charge in [-0.3, -0.25) is 5.43 Å². The van der Waals surface area contributed by atoms with Crippen molar-refractivity contribution in [1.82, 2.24) is 10.2 Å². The van der Waals surface area contributed by atoms with Crippen LogP contribution in [0.4, 0.5) is 5.82 Å². The third-order valence-corrected chi connectivity index (χ3v) is 5.67. The van der Waals surface area contributed by atoms with E-state index in [4.69, 9.17) is 0 Å². The van der Waals surface area contributed by atoms with E-state index in [1.807, 2.05) is 91.9 Å². The van der Waals surface area contributed by atoms with Crippen LogP contribution >= 0.6 is 0 Å². The highest BCUT2D eigenvalue weighted by Gasteiger charge is 2.20. The van der Waals surface area contributed by atoms with Gasteiger partial charge in [-0.15, -0.1) is 10.2 Å². The van der Waals surface area contributed by atoms with Gasteiger partial charge in [-0.1, -0.05) is 121 Å². The molecule has 164 valence electrons. The number of hydrazone groups is 1. The van der Waals surface area contributed by atoms with Gasteiger partial charge in [0.2, 0.25) is 0 Å². The van der Waals surface area contributed by atoms with Gasteiger partial charge in [-0.2, -0.15) is 5.10 Å². The molecule has 0 radical (unpaired) electrons. The topological polar surface area (TPSA) is 50.2 Å². The molecule has 5 rings (SSSR count). The van der Waals surface area contributed by atoms with Gasteiger partial charge in [0.15, 0.2) is 5.82 Å². The highest BCUT2D eigenvalue weighted by molar-refractivity contribution is 6.00. The van der Waals surface area contributed by atoms with Crippen LogP contribution in [0.2, 0.25) is 0 Å². The largest absolute Gasteiger partial charge is 0.259 e. The van der Waals surface area contributed by atoms with Crippen molar-refractivity contribution >= 4 is 11.5 Å². The summed E-state index contributed by atoms with van der Waals surface area (Å²) in [5.41, 5.74) is 11.1. The predicted octanol–water partition coefficient (Wildman–Crippen LogP) is 7.31. The average Bonchev–Trinajstić information content (AvgIpc) is 2.93. The molecule has 4 nitrogen and oxygen atoms in total. The quantitative estimate of drug-likeness (QED) is 0.222. The Morgan fingerprint density at radius 1 is 0.559 bits per heavy atom. The summed E-state index contributed by atoms with van der Waals surface area (Å²) < 4.78 is 0. The zero-order chi connectivity index (χ0) is 23.2. The van der Waals surface area contributed by atoms with E-state index in [2.05, 4.69) is 57.1 Å². The first-order valence-corrected chi connectivity index (χ1v) is 11.2. The third kappa shape index (κ3) is 4.48. The Morgan fingerprint density at radius 2 is 1.03 bits per heavy atom. The molecular weight excluding hydrogens is 416 g/mol. The van der Waals surface area contributed by atoms with Gasteiger partial charge in [0.25, 0.3) is 0 Å². The fraction of sp³-hybridized carbons (Fsp3) is 0.0333. The van der Waals surface area contributed by atoms with E-state index in [1.165, 1.54) is 0 Å². The van der Waals surface area contributed by atoms with Crippen molar-refractivity contribution < 1.29 is 0 Å². The molecule has 0 saturated heterocycles. The molecule has 0 aliphatic heterocycles. The lowest BCUT2D eigenvalue weighted by molar-refractivity contribution is 1.03. The van der Waals surface area contributed by atoms with Crippen LogP contribution in [0.25, 0.3) is 33.5 Å². The molecule has 1 heterocycles. The highest BCUT2D eigenvalue weighted by Crippen LogP contribution is 2.41. The highest BCUT2D eigenvalue weighted by atomic mass is 15.3. The first-order valence-electron chi connectivity index (χ1n) is 11.2. The van der Waals surface area contributed by atoms with Crippen LogP contribution in [0.5, 0.6) is 0 Å². The zero-order valence-electron chi connectivity index (χ0n) is 18.9. The fourth-order valence-electron chi connectivity index (χ4n) is 3.97. The van der Waals surface area contributed by atoms with E-state index in [1.54, 1.807) is 0 Å². The molecule has 0 spiro atoms. The van der Waals surface area contributed by atoms with E-state index in [0.717, 1.165) is 44.8 Å². The van der Waals surface area contributed by atoms with E-state index < -0.39 is 0 Å². The number of nitrogens with one attached hydrogen (secondary N) is 1. The second kappa shape index (κ2) is 9.92. The summed E-state index contributed by atoms with van der Waals surface area (Å²) in [6, 6.07) is 40.9. The Bertz CT molecular complexity index is 1400. The molecule has 5 aromatic rings. The SMILES string of the molecule is C/C(=N/Nc1nnc(-c2ccccc2)c(-c2ccccc2)c1-c1ccccc1)c1ccccc1. The van der Waals surface area contributed by atoms with E-state index in [-0.39, 0.29) is 0 Å². The van der Waals surface area contributed by atoms with Gasteiger partial charge in [-0.05, 0) is 23.6 Å². The molecule has 0 unspecified atom stereocenters. The Labute approximate surface area is 199 Å². The minimum atomic E-state index is 0.611. The standard InChI is InChI=1S/C30H24N4/c1-22(23-14-6-2-7-15-23)31-33-30-28(25-18-10-4-11-19-25)27(24-16-8-3-9-17-24)29(32-34-30)26-20-12-5-13-21-26/h2-21H,1H3,(H,33,34)/b31-22-. The minimum absolute atomic E-state index is 0.611.